The number of anilines is 2. The van der Waals surface area contributed by atoms with Crippen molar-refractivity contribution in [2.75, 3.05) is 37.9 Å². The summed E-state index contributed by atoms with van der Waals surface area (Å²) in [4.78, 5) is 14.4. The number of nitrogens with one attached hydrogen (secondary N) is 2. The van der Waals surface area contributed by atoms with E-state index >= 15 is 0 Å². The van der Waals surface area contributed by atoms with Crippen molar-refractivity contribution in [2.45, 2.75) is 0 Å². The van der Waals surface area contributed by atoms with E-state index in [-0.39, 0.29) is 6.03 Å². The van der Waals surface area contributed by atoms with Crippen LogP contribution >= 0.6 is 22.6 Å². The number of para-hydroxylation sites is 1. The standard InChI is InChI=1S/C23H24IN3O3/c1-27(2)14-15-29-22-16-18(10-13-21(22)24)26-23(28)25-17-8-11-20(12-9-17)30-19-6-4-3-5-7-19/h3-13,16H,14-15H2,1-2H3,(H2,25,26,28). The molecule has 3 aromatic carbocycles. The first-order valence-electron chi connectivity index (χ1n) is 9.47. The summed E-state index contributed by atoms with van der Waals surface area (Å²) >= 11 is 2.22. The molecule has 0 saturated heterocycles. The van der Waals surface area contributed by atoms with E-state index in [2.05, 4.69) is 38.1 Å². The summed E-state index contributed by atoms with van der Waals surface area (Å²) in [6.45, 7) is 1.40. The highest BCUT2D eigenvalue weighted by atomic mass is 127. The van der Waals surface area contributed by atoms with Gasteiger partial charge in [0.05, 0.1) is 3.57 Å². The van der Waals surface area contributed by atoms with E-state index in [0.717, 1.165) is 21.6 Å². The number of nitrogens with zero attached hydrogens (tertiary/aromatic N) is 1. The van der Waals surface area contributed by atoms with Crippen molar-refractivity contribution in [3.8, 4) is 17.2 Å². The molecule has 0 atom stereocenters. The number of amides is 2. The van der Waals surface area contributed by atoms with Crippen LogP contribution in [0.1, 0.15) is 0 Å². The molecular weight excluding hydrogens is 493 g/mol. The lowest BCUT2D eigenvalue weighted by Crippen LogP contribution is -2.20. The number of carbonyl (C=O) groups excluding carboxylic acids is 1. The van der Waals surface area contributed by atoms with Crippen LogP contribution in [0.3, 0.4) is 0 Å². The van der Waals surface area contributed by atoms with Gasteiger partial charge in [-0.15, -0.1) is 0 Å². The van der Waals surface area contributed by atoms with E-state index < -0.39 is 0 Å². The molecule has 7 heteroatoms. The van der Waals surface area contributed by atoms with Crippen LogP contribution < -0.4 is 20.1 Å². The molecule has 0 saturated carbocycles. The van der Waals surface area contributed by atoms with E-state index in [1.54, 1.807) is 12.1 Å². The molecule has 3 rings (SSSR count). The van der Waals surface area contributed by atoms with Crippen LogP contribution in [0.15, 0.2) is 72.8 Å². The number of hydrogen-bond acceptors (Lipinski definition) is 4. The maximum Gasteiger partial charge on any atom is 0.323 e. The molecule has 2 N–H and O–H groups in total. The van der Waals surface area contributed by atoms with Crippen molar-refractivity contribution in [1.29, 1.82) is 0 Å². The first kappa shape index (κ1) is 21.9. The Hall–Kier alpha value is -2.78. The van der Waals surface area contributed by atoms with Crippen LogP contribution in [0.25, 0.3) is 0 Å². The molecule has 3 aromatic rings. The SMILES string of the molecule is CN(C)CCOc1cc(NC(=O)Nc2ccc(Oc3ccccc3)cc2)ccc1I. The molecule has 0 heterocycles. The summed E-state index contributed by atoms with van der Waals surface area (Å²) in [5, 5.41) is 5.66. The maximum absolute atomic E-state index is 12.4. The molecule has 0 aliphatic carbocycles. The zero-order chi connectivity index (χ0) is 21.3. The molecule has 2 amide bonds. The number of carbonyl (C=O) groups is 1. The van der Waals surface area contributed by atoms with Gasteiger partial charge in [-0.1, -0.05) is 18.2 Å². The minimum atomic E-state index is -0.327. The van der Waals surface area contributed by atoms with Gasteiger partial charge in [-0.2, -0.15) is 0 Å². The zero-order valence-electron chi connectivity index (χ0n) is 16.9. The van der Waals surface area contributed by atoms with Crippen LogP contribution in [-0.4, -0.2) is 38.2 Å². The number of rotatable bonds is 8. The highest BCUT2D eigenvalue weighted by molar-refractivity contribution is 14.1. The van der Waals surface area contributed by atoms with Gasteiger partial charge in [0.25, 0.3) is 0 Å². The predicted octanol–water partition coefficient (Wildman–Crippen LogP) is 5.67. The second-order valence-corrected chi connectivity index (χ2v) is 7.98. The van der Waals surface area contributed by atoms with Crippen molar-refractivity contribution in [3.05, 3.63) is 76.4 Å². The lowest BCUT2D eigenvalue weighted by molar-refractivity contribution is 0.260. The van der Waals surface area contributed by atoms with E-state index in [0.29, 0.717) is 23.7 Å². The molecule has 0 bridgehead atoms. The molecule has 0 aliphatic rings. The summed E-state index contributed by atoms with van der Waals surface area (Å²) in [7, 11) is 3.99. The number of urea groups is 1. The van der Waals surface area contributed by atoms with Crippen molar-refractivity contribution in [2.24, 2.45) is 0 Å². The third-order valence-corrected chi connectivity index (χ3v) is 4.97. The van der Waals surface area contributed by atoms with Crippen LogP contribution in [0, 0.1) is 3.57 Å². The van der Waals surface area contributed by atoms with Crippen molar-refractivity contribution >= 4 is 40.0 Å². The van der Waals surface area contributed by atoms with Gasteiger partial charge < -0.3 is 25.0 Å². The van der Waals surface area contributed by atoms with Gasteiger partial charge in [0, 0.05) is 24.0 Å². The molecule has 0 aromatic heterocycles. The molecule has 6 nitrogen and oxygen atoms in total. The maximum atomic E-state index is 12.4. The van der Waals surface area contributed by atoms with Gasteiger partial charge in [0.2, 0.25) is 0 Å². The minimum Gasteiger partial charge on any atom is -0.491 e. The van der Waals surface area contributed by atoms with E-state index in [1.807, 2.05) is 74.8 Å². The van der Waals surface area contributed by atoms with Crippen molar-refractivity contribution < 1.29 is 14.3 Å². The summed E-state index contributed by atoms with van der Waals surface area (Å²) in [6.07, 6.45) is 0. The van der Waals surface area contributed by atoms with Gasteiger partial charge >= 0.3 is 6.03 Å². The summed E-state index contributed by atoms with van der Waals surface area (Å²) in [5.74, 6) is 2.21. The quantitative estimate of drug-likeness (QED) is 0.378. The first-order chi connectivity index (χ1) is 14.5. The van der Waals surface area contributed by atoms with E-state index in [4.69, 9.17) is 9.47 Å². The van der Waals surface area contributed by atoms with Crippen molar-refractivity contribution in [3.63, 3.8) is 0 Å². The fraction of sp³-hybridized carbons (Fsp3) is 0.174. The number of benzene rings is 3. The Morgan fingerprint density at radius 3 is 2.23 bits per heavy atom. The highest BCUT2D eigenvalue weighted by Crippen LogP contribution is 2.26. The fourth-order valence-corrected chi connectivity index (χ4v) is 3.05. The third-order valence-electron chi connectivity index (χ3n) is 4.08. The lowest BCUT2D eigenvalue weighted by Gasteiger charge is -2.14. The number of ether oxygens (including phenoxy) is 2. The predicted molar refractivity (Wildman–Crippen MR) is 129 cm³/mol. The third kappa shape index (κ3) is 6.93. The average molecular weight is 517 g/mol. The van der Waals surface area contributed by atoms with Crippen molar-refractivity contribution in [1.82, 2.24) is 4.90 Å². The molecule has 0 unspecified atom stereocenters. The Kier molecular flexibility index (Phi) is 7.92. The number of hydrogen-bond donors (Lipinski definition) is 2. The summed E-state index contributed by atoms with van der Waals surface area (Å²) in [5.41, 5.74) is 1.33. The second kappa shape index (κ2) is 10.8. The average Bonchev–Trinajstić information content (AvgIpc) is 2.72. The zero-order valence-corrected chi connectivity index (χ0v) is 19.0. The lowest BCUT2D eigenvalue weighted by atomic mass is 10.3. The Morgan fingerprint density at radius 2 is 1.53 bits per heavy atom. The topological polar surface area (TPSA) is 62.8 Å². The van der Waals surface area contributed by atoms with Crippen LogP contribution in [0.5, 0.6) is 17.2 Å². The number of halogens is 1. The Balaban J connectivity index is 1.55. The van der Waals surface area contributed by atoms with E-state index in [1.165, 1.54) is 0 Å². The van der Waals surface area contributed by atoms with Gasteiger partial charge in [0.15, 0.2) is 0 Å². The molecule has 0 spiro atoms. The van der Waals surface area contributed by atoms with Gasteiger partial charge in [-0.3, -0.25) is 0 Å². The first-order valence-corrected chi connectivity index (χ1v) is 10.6. The van der Waals surface area contributed by atoms with Gasteiger partial charge in [-0.05, 0) is 85.2 Å². The molecule has 156 valence electrons. The largest absolute Gasteiger partial charge is 0.491 e. The second-order valence-electron chi connectivity index (χ2n) is 6.82. The molecular formula is C23H24IN3O3. The molecule has 0 radical (unpaired) electrons. The normalized spacial score (nSPS) is 10.5. The smallest absolute Gasteiger partial charge is 0.323 e. The minimum absolute atomic E-state index is 0.327. The summed E-state index contributed by atoms with van der Waals surface area (Å²) in [6, 6.07) is 22.0. The van der Waals surface area contributed by atoms with Gasteiger partial charge in [0.1, 0.15) is 23.9 Å². The molecule has 30 heavy (non-hydrogen) atoms. The van der Waals surface area contributed by atoms with Crippen LogP contribution in [0.2, 0.25) is 0 Å². The van der Waals surface area contributed by atoms with Crippen LogP contribution in [-0.2, 0) is 0 Å². The Morgan fingerprint density at radius 1 is 0.900 bits per heavy atom. The van der Waals surface area contributed by atoms with E-state index in [9.17, 15) is 4.79 Å². The Labute approximate surface area is 190 Å². The summed E-state index contributed by atoms with van der Waals surface area (Å²) < 4.78 is 12.6. The fourth-order valence-electron chi connectivity index (χ4n) is 2.55. The molecule has 0 aliphatic heterocycles. The highest BCUT2D eigenvalue weighted by Gasteiger charge is 2.07. The monoisotopic (exact) mass is 517 g/mol. The van der Waals surface area contributed by atoms with Crippen LogP contribution in [0.4, 0.5) is 16.2 Å². The Bertz CT molecular complexity index is 963. The molecule has 0 fully saturated rings. The van der Waals surface area contributed by atoms with Gasteiger partial charge in [-0.25, -0.2) is 4.79 Å². The number of likely N-dealkylation sites (N-methyl/N-ethyl adjacent to an activating group) is 1.